The maximum Gasteiger partial charge on any atom is 0.330 e. The first kappa shape index (κ1) is 13.1. The van der Waals surface area contributed by atoms with Gasteiger partial charge in [0, 0.05) is 13.2 Å². The molecule has 0 unspecified atom stereocenters. The molecular weight excluding hydrogens is 184 g/mol. The van der Waals surface area contributed by atoms with E-state index in [-0.39, 0.29) is 18.9 Å². The molecule has 0 aromatic rings. The molecule has 1 atom stereocenters. The van der Waals surface area contributed by atoms with Gasteiger partial charge in [0.15, 0.2) is 0 Å². The van der Waals surface area contributed by atoms with Crippen LogP contribution in [-0.2, 0) is 19.0 Å². The van der Waals surface area contributed by atoms with E-state index in [1.54, 1.807) is 20.1 Å². The minimum Gasteiger partial charge on any atom is -0.463 e. The smallest absolute Gasteiger partial charge is 0.330 e. The molecule has 0 aliphatic rings. The van der Waals surface area contributed by atoms with Crippen LogP contribution in [0.4, 0.5) is 0 Å². The highest BCUT2D eigenvalue weighted by Gasteiger charge is 1.99. The lowest BCUT2D eigenvalue weighted by atomic mass is 10.2. The lowest BCUT2D eigenvalue weighted by Gasteiger charge is -2.08. The third kappa shape index (κ3) is 7.76. The molecule has 0 radical (unpaired) electrons. The SMILES string of the molecule is CCOC(=O)/C=C/C[C@@H](C)OCOC. The van der Waals surface area contributed by atoms with E-state index in [2.05, 4.69) is 0 Å². The number of carbonyl (C=O) groups is 1. The molecule has 0 spiro atoms. The zero-order valence-corrected chi connectivity index (χ0v) is 8.99. The molecule has 4 heteroatoms. The van der Waals surface area contributed by atoms with Gasteiger partial charge in [-0.1, -0.05) is 6.08 Å². The van der Waals surface area contributed by atoms with Gasteiger partial charge >= 0.3 is 5.97 Å². The molecule has 0 N–H and O–H groups in total. The Morgan fingerprint density at radius 1 is 1.50 bits per heavy atom. The molecule has 0 rings (SSSR count). The Morgan fingerprint density at radius 2 is 2.21 bits per heavy atom. The highest BCUT2D eigenvalue weighted by Crippen LogP contribution is 1.98. The maximum atomic E-state index is 10.9. The molecule has 14 heavy (non-hydrogen) atoms. The molecule has 0 saturated carbocycles. The Morgan fingerprint density at radius 3 is 2.79 bits per heavy atom. The van der Waals surface area contributed by atoms with Gasteiger partial charge in [0.1, 0.15) is 6.79 Å². The summed E-state index contributed by atoms with van der Waals surface area (Å²) in [7, 11) is 1.57. The first-order valence-corrected chi connectivity index (χ1v) is 4.64. The van der Waals surface area contributed by atoms with Crippen molar-refractivity contribution < 1.29 is 19.0 Å². The van der Waals surface area contributed by atoms with Gasteiger partial charge in [-0.25, -0.2) is 4.79 Å². The van der Waals surface area contributed by atoms with E-state index in [0.717, 1.165) is 0 Å². The molecular formula is C10H18O4. The van der Waals surface area contributed by atoms with Crippen molar-refractivity contribution in [3.63, 3.8) is 0 Å². The predicted octanol–water partition coefficient (Wildman–Crippen LogP) is 1.50. The molecule has 0 aliphatic carbocycles. The lowest BCUT2D eigenvalue weighted by molar-refractivity contribution is -0.137. The molecule has 0 amide bonds. The third-order valence-electron chi connectivity index (χ3n) is 1.48. The van der Waals surface area contributed by atoms with E-state index in [4.69, 9.17) is 14.2 Å². The van der Waals surface area contributed by atoms with Crippen LogP contribution in [0.25, 0.3) is 0 Å². The number of carbonyl (C=O) groups excluding carboxylic acids is 1. The molecule has 0 aromatic heterocycles. The number of ether oxygens (including phenoxy) is 3. The average Bonchev–Trinajstić information content (AvgIpc) is 2.15. The van der Waals surface area contributed by atoms with Crippen LogP contribution in [0, 0.1) is 0 Å². The molecule has 0 aliphatic heterocycles. The van der Waals surface area contributed by atoms with Crippen molar-refractivity contribution in [3.8, 4) is 0 Å². The van der Waals surface area contributed by atoms with Crippen molar-refractivity contribution in [1.82, 2.24) is 0 Å². The molecule has 0 saturated heterocycles. The van der Waals surface area contributed by atoms with E-state index < -0.39 is 0 Å². The Bertz CT molecular complexity index is 177. The molecule has 0 bridgehead atoms. The Balaban J connectivity index is 3.54. The van der Waals surface area contributed by atoms with Crippen molar-refractivity contribution in [2.24, 2.45) is 0 Å². The number of rotatable bonds is 7. The zero-order valence-electron chi connectivity index (χ0n) is 8.99. The standard InChI is InChI=1S/C10H18O4/c1-4-13-10(11)7-5-6-9(2)14-8-12-3/h5,7,9H,4,6,8H2,1-3H3/b7-5+/t9-/m1/s1. The first-order valence-electron chi connectivity index (χ1n) is 4.64. The molecule has 4 nitrogen and oxygen atoms in total. The summed E-state index contributed by atoms with van der Waals surface area (Å²) in [5.41, 5.74) is 0. The van der Waals surface area contributed by atoms with Crippen LogP contribution >= 0.6 is 0 Å². The second-order valence-corrected chi connectivity index (χ2v) is 2.77. The largest absolute Gasteiger partial charge is 0.463 e. The van der Waals surface area contributed by atoms with Crippen LogP contribution in [0.15, 0.2) is 12.2 Å². The second-order valence-electron chi connectivity index (χ2n) is 2.77. The molecule has 0 aromatic carbocycles. The first-order chi connectivity index (χ1) is 6.70. The highest BCUT2D eigenvalue weighted by molar-refractivity contribution is 5.81. The van der Waals surface area contributed by atoms with Gasteiger partial charge in [-0.2, -0.15) is 0 Å². The summed E-state index contributed by atoms with van der Waals surface area (Å²) in [4.78, 5) is 10.9. The van der Waals surface area contributed by atoms with Gasteiger partial charge in [0.25, 0.3) is 0 Å². The maximum absolute atomic E-state index is 10.9. The Hall–Kier alpha value is -0.870. The number of hydrogen-bond donors (Lipinski definition) is 0. The van der Waals surface area contributed by atoms with Crippen molar-refractivity contribution in [2.45, 2.75) is 26.4 Å². The van der Waals surface area contributed by atoms with Gasteiger partial charge in [-0.05, 0) is 20.3 Å². The minimum absolute atomic E-state index is 0.0422. The number of esters is 1. The fraction of sp³-hybridized carbons (Fsp3) is 0.700. The van der Waals surface area contributed by atoms with Crippen LogP contribution in [0.3, 0.4) is 0 Å². The summed E-state index contributed by atoms with van der Waals surface area (Å²) in [5, 5.41) is 0. The normalized spacial score (nSPS) is 13.1. The molecule has 82 valence electrons. The number of methoxy groups -OCH3 is 1. The summed E-state index contributed by atoms with van der Waals surface area (Å²) in [6, 6.07) is 0. The van der Waals surface area contributed by atoms with Gasteiger partial charge in [-0.15, -0.1) is 0 Å². The van der Waals surface area contributed by atoms with Crippen molar-refractivity contribution in [3.05, 3.63) is 12.2 Å². The van der Waals surface area contributed by atoms with Gasteiger partial charge in [0.2, 0.25) is 0 Å². The monoisotopic (exact) mass is 202 g/mol. The van der Waals surface area contributed by atoms with E-state index in [0.29, 0.717) is 13.0 Å². The Kier molecular flexibility index (Phi) is 8.17. The predicted molar refractivity (Wildman–Crippen MR) is 52.8 cm³/mol. The van der Waals surface area contributed by atoms with Crippen LogP contribution in [0.1, 0.15) is 20.3 Å². The highest BCUT2D eigenvalue weighted by atomic mass is 16.7. The van der Waals surface area contributed by atoms with Gasteiger partial charge in [-0.3, -0.25) is 0 Å². The summed E-state index contributed by atoms with van der Waals surface area (Å²) >= 11 is 0. The fourth-order valence-electron chi connectivity index (χ4n) is 0.799. The zero-order chi connectivity index (χ0) is 10.8. The van der Waals surface area contributed by atoms with Gasteiger partial charge < -0.3 is 14.2 Å². The quantitative estimate of drug-likeness (QED) is 0.356. The van der Waals surface area contributed by atoms with Crippen LogP contribution in [0.5, 0.6) is 0 Å². The molecule has 0 fully saturated rings. The van der Waals surface area contributed by atoms with Crippen LogP contribution in [0.2, 0.25) is 0 Å². The molecule has 0 heterocycles. The fourth-order valence-corrected chi connectivity index (χ4v) is 0.799. The topological polar surface area (TPSA) is 44.8 Å². The lowest BCUT2D eigenvalue weighted by Crippen LogP contribution is -2.09. The van der Waals surface area contributed by atoms with Gasteiger partial charge in [0.05, 0.1) is 12.7 Å². The average molecular weight is 202 g/mol. The van der Waals surface area contributed by atoms with Crippen LogP contribution in [-0.4, -0.2) is 32.6 Å². The van der Waals surface area contributed by atoms with Crippen molar-refractivity contribution in [2.75, 3.05) is 20.5 Å². The third-order valence-corrected chi connectivity index (χ3v) is 1.48. The van der Waals surface area contributed by atoms with E-state index in [1.165, 1.54) is 6.08 Å². The van der Waals surface area contributed by atoms with Crippen molar-refractivity contribution in [1.29, 1.82) is 0 Å². The summed E-state index contributed by atoms with van der Waals surface area (Å²) in [5.74, 6) is -0.313. The second kappa shape index (κ2) is 8.72. The van der Waals surface area contributed by atoms with E-state index in [9.17, 15) is 4.79 Å². The number of hydrogen-bond acceptors (Lipinski definition) is 4. The summed E-state index contributed by atoms with van der Waals surface area (Å²) in [6.07, 6.45) is 3.86. The Labute approximate surface area is 84.8 Å². The van der Waals surface area contributed by atoms with E-state index in [1.807, 2.05) is 6.92 Å². The summed E-state index contributed by atoms with van der Waals surface area (Å²) < 4.78 is 14.7. The van der Waals surface area contributed by atoms with Crippen molar-refractivity contribution >= 4 is 5.97 Å². The van der Waals surface area contributed by atoms with E-state index >= 15 is 0 Å². The minimum atomic E-state index is -0.313. The summed E-state index contributed by atoms with van der Waals surface area (Å²) in [6.45, 7) is 4.36. The van der Waals surface area contributed by atoms with Crippen LogP contribution < -0.4 is 0 Å².